The number of carbonyl (C=O) groups is 1. The van der Waals surface area contributed by atoms with Gasteiger partial charge in [-0.15, -0.1) is 0 Å². The molecule has 3 heterocycles. The summed E-state index contributed by atoms with van der Waals surface area (Å²) in [4.78, 5) is 19.8. The molecule has 0 N–H and O–H groups in total. The number of hydrogen-bond acceptors (Lipinski definition) is 4. The first-order chi connectivity index (χ1) is 9.49. The van der Waals surface area contributed by atoms with Crippen LogP contribution in [0.5, 0.6) is 6.01 Å². The maximum absolute atomic E-state index is 12.4. The molecule has 3 rings (SSSR count). The number of aromatic nitrogens is 2. The van der Waals surface area contributed by atoms with Gasteiger partial charge in [-0.2, -0.15) is 13.2 Å². The number of amides is 1. The molecule has 0 aliphatic carbocycles. The molecule has 20 heavy (non-hydrogen) atoms. The van der Waals surface area contributed by atoms with E-state index in [-0.39, 0.29) is 24.2 Å². The van der Waals surface area contributed by atoms with Crippen LogP contribution in [0.25, 0.3) is 0 Å². The second-order valence-electron chi connectivity index (χ2n) is 5.00. The molecule has 2 aliphatic rings. The van der Waals surface area contributed by atoms with Gasteiger partial charge in [0.1, 0.15) is 6.10 Å². The number of halogens is 3. The predicted molar refractivity (Wildman–Crippen MR) is 60.8 cm³/mol. The topological polar surface area (TPSA) is 55.3 Å². The summed E-state index contributed by atoms with van der Waals surface area (Å²) >= 11 is 0. The van der Waals surface area contributed by atoms with Gasteiger partial charge < -0.3 is 9.64 Å². The van der Waals surface area contributed by atoms with Gasteiger partial charge in [-0.3, -0.25) is 4.79 Å². The molecule has 2 bridgehead atoms. The van der Waals surface area contributed by atoms with E-state index in [9.17, 15) is 18.0 Å². The van der Waals surface area contributed by atoms with Crippen LogP contribution in [0.4, 0.5) is 13.2 Å². The van der Waals surface area contributed by atoms with Crippen LogP contribution >= 0.6 is 0 Å². The van der Waals surface area contributed by atoms with Crippen LogP contribution in [0.1, 0.15) is 24.8 Å². The lowest BCUT2D eigenvalue weighted by Crippen LogP contribution is -2.34. The highest BCUT2D eigenvalue weighted by molar-refractivity contribution is 5.50. The molecule has 0 radical (unpaired) electrons. The summed E-state index contributed by atoms with van der Waals surface area (Å²) in [5.74, 6) is 0. The molecular weight excluding hydrogens is 275 g/mol. The third-order valence-corrected chi connectivity index (χ3v) is 3.87. The Morgan fingerprint density at radius 3 is 2.55 bits per heavy atom. The van der Waals surface area contributed by atoms with Crippen molar-refractivity contribution < 1.29 is 22.7 Å². The van der Waals surface area contributed by atoms with E-state index in [0.29, 0.717) is 18.8 Å². The number of nitrogens with zero attached hydrogens (tertiary/aromatic N) is 3. The number of fused-ring (bicyclic) bond motifs is 2. The first kappa shape index (κ1) is 13.1. The van der Waals surface area contributed by atoms with Crippen molar-refractivity contribution in [1.29, 1.82) is 0 Å². The maximum Gasteiger partial charge on any atom is 0.419 e. The molecule has 5 nitrogen and oxygen atoms in total. The summed E-state index contributed by atoms with van der Waals surface area (Å²) in [5.41, 5.74) is -0.910. The average Bonchev–Trinajstić information content (AvgIpc) is 2.94. The fourth-order valence-corrected chi connectivity index (χ4v) is 2.92. The number of carbonyl (C=O) groups excluding carboxylic acids is 1. The summed E-state index contributed by atoms with van der Waals surface area (Å²) in [7, 11) is 0. The molecule has 3 atom stereocenters. The lowest BCUT2D eigenvalue weighted by atomic mass is 9.98. The van der Waals surface area contributed by atoms with Crippen LogP contribution in [0.15, 0.2) is 12.4 Å². The van der Waals surface area contributed by atoms with E-state index >= 15 is 0 Å². The summed E-state index contributed by atoms with van der Waals surface area (Å²) < 4.78 is 42.7. The van der Waals surface area contributed by atoms with Crippen molar-refractivity contribution in [3.63, 3.8) is 0 Å². The van der Waals surface area contributed by atoms with Crippen molar-refractivity contribution in [1.82, 2.24) is 14.9 Å². The molecule has 0 spiro atoms. The quantitative estimate of drug-likeness (QED) is 0.793. The van der Waals surface area contributed by atoms with Gasteiger partial charge in [0.2, 0.25) is 6.41 Å². The van der Waals surface area contributed by atoms with Gasteiger partial charge in [0.15, 0.2) is 0 Å². The molecule has 1 aromatic heterocycles. The van der Waals surface area contributed by atoms with E-state index in [1.54, 1.807) is 4.90 Å². The minimum atomic E-state index is -4.46. The second-order valence-corrected chi connectivity index (χ2v) is 5.00. The first-order valence-electron chi connectivity index (χ1n) is 6.27. The van der Waals surface area contributed by atoms with E-state index in [1.807, 2.05) is 0 Å². The Morgan fingerprint density at radius 1 is 1.30 bits per heavy atom. The minimum absolute atomic E-state index is 0.0246. The fraction of sp³-hybridized carbons (Fsp3) is 0.583. The number of hydrogen-bond donors (Lipinski definition) is 0. The number of ether oxygens (including phenoxy) is 1. The van der Waals surface area contributed by atoms with Gasteiger partial charge in [0.05, 0.1) is 11.6 Å². The Labute approximate surface area is 112 Å². The summed E-state index contributed by atoms with van der Waals surface area (Å²) in [5, 5.41) is 0. The Bertz CT molecular complexity index is 506. The maximum atomic E-state index is 12.4. The number of rotatable bonds is 3. The van der Waals surface area contributed by atoms with Crippen LogP contribution in [0.2, 0.25) is 0 Å². The Morgan fingerprint density at radius 2 is 2.00 bits per heavy atom. The zero-order chi connectivity index (χ0) is 14.3. The van der Waals surface area contributed by atoms with Gasteiger partial charge in [-0.05, 0) is 12.8 Å². The summed E-state index contributed by atoms with van der Waals surface area (Å²) in [6, 6.07) is 0.0572. The highest BCUT2D eigenvalue weighted by Crippen LogP contribution is 2.38. The molecular formula is C12H12F3N3O2. The molecule has 108 valence electrons. The Balaban J connectivity index is 1.69. The van der Waals surface area contributed by atoms with Crippen LogP contribution < -0.4 is 4.74 Å². The van der Waals surface area contributed by atoms with Gasteiger partial charge in [0.25, 0.3) is 0 Å². The molecule has 1 amide bonds. The van der Waals surface area contributed by atoms with Crippen LogP contribution in [0.3, 0.4) is 0 Å². The third-order valence-electron chi connectivity index (χ3n) is 3.87. The molecule has 0 aromatic carbocycles. The highest BCUT2D eigenvalue weighted by Gasteiger charge is 2.47. The van der Waals surface area contributed by atoms with Crippen LogP contribution in [-0.2, 0) is 11.0 Å². The SMILES string of the molecule is O=CN1C2CCC1C(Oc1ncc(C(F)(F)F)cn1)C2. The smallest absolute Gasteiger partial charge is 0.419 e. The van der Waals surface area contributed by atoms with Gasteiger partial charge in [0, 0.05) is 24.9 Å². The van der Waals surface area contributed by atoms with E-state index in [0.717, 1.165) is 19.3 Å². The molecule has 0 saturated carbocycles. The standard InChI is InChI=1S/C12H12F3N3O2/c13-12(14,15)7-4-16-11(17-5-7)20-10-3-8-1-2-9(10)18(8)6-19/h4-6,8-10H,1-3H2. The Hall–Kier alpha value is -1.86. The van der Waals surface area contributed by atoms with Crippen molar-refractivity contribution in [2.75, 3.05) is 0 Å². The molecule has 2 fully saturated rings. The van der Waals surface area contributed by atoms with E-state index < -0.39 is 11.7 Å². The predicted octanol–water partition coefficient (Wildman–Crippen LogP) is 1.64. The van der Waals surface area contributed by atoms with Crippen LogP contribution in [-0.4, -0.2) is 39.5 Å². The molecule has 3 unspecified atom stereocenters. The second kappa shape index (κ2) is 4.60. The normalized spacial score (nSPS) is 28.8. The van der Waals surface area contributed by atoms with Gasteiger partial charge in [-0.1, -0.05) is 0 Å². The molecule has 1 aromatic rings. The summed E-state index contributed by atoms with van der Waals surface area (Å²) in [6.45, 7) is 0. The zero-order valence-electron chi connectivity index (χ0n) is 10.4. The first-order valence-corrected chi connectivity index (χ1v) is 6.27. The number of alkyl halides is 3. The lowest BCUT2D eigenvalue weighted by molar-refractivity contribution is -0.138. The lowest BCUT2D eigenvalue weighted by Gasteiger charge is -2.21. The van der Waals surface area contributed by atoms with E-state index in [2.05, 4.69) is 9.97 Å². The monoisotopic (exact) mass is 287 g/mol. The van der Waals surface area contributed by atoms with Crippen molar-refractivity contribution in [3.8, 4) is 6.01 Å². The largest absolute Gasteiger partial charge is 0.458 e. The summed E-state index contributed by atoms with van der Waals surface area (Å²) in [6.07, 6.45) is -0.0335. The third kappa shape index (κ3) is 2.19. The molecule has 2 aliphatic heterocycles. The zero-order valence-corrected chi connectivity index (χ0v) is 10.4. The molecule has 2 saturated heterocycles. The van der Waals surface area contributed by atoms with Crippen molar-refractivity contribution in [2.45, 2.75) is 43.6 Å². The van der Waals surface area contributed by atoms with Crippen molar-refractivity contribution in [3.05, 3.63) is 18.0 Å². The highest BCUT2D eigenvalue weighted by atomic mass is 19.4. The van der Waals surface area contributed by atoms with Gasteiger partial charge >= 0.3 is 12.2 Å². The van der Waals surface area contributed by atoms with Crippen molar-refractivity contribution in [2.24, 2.45) is 0 Å². The van der Waals surface area contributed by atoms with Crippen LogP contribution in [0, 0.1) is 0 Å². The van der Waals surface area contributed by atoms with Crippen molar-refractivity contribution >= 4 is 6.41 Å². The van der Waals surface area contributed by atoms with E-state index in [4.69, 9.17) is 4.74 Å². The minimum Gasteiger partial charge on any atom is -0.458 e. The van der Waals surface area contributed by atoms with Gasteiger partial charge in [-0.25, -0.2) is 9.97 Å². The molecule has 8 heteroatoms. The average molecular weight is 287 g/mol. The fourth-order valence-electron chi connectivity index (χ4n) is 2.92. The Kier molecular flexibility index (Phi) is 3.02. The van der Waals surface area contributed by atoms with E-state index in [1.165, 1.54) is 0 Å².